The van der Waals surface area contributed by atoms with Crippen LogP contribution in [0.15, 0.2) is 22.1 Å². The second kappa shape index (κ2) is 6.27. The molecule has 0 saturated carbocycles. The van der Waals surface area contributed by atoms with Crippen molar-refractivity contribution in [2.24, 2.45) is 0 Å². The van der Waals surface area contributed by atoms with Gasteiger partial charge in [0.2, 0.25) is 0 Å². The van der Waals surface area contributed by atoms with E-state index in [9.17, 15) is 4.79 Å². The number of halogens is 1. The Morgan fingerprint density at radius 2 is 2.42 bits per heavy atom. The third-order valence-electron chi connectivity index (χ3n) is 2.52. The molecule has 0 spiro atoms. The van der Waals surface area contributed by atoms with Gasteiger partial charge < -0.3 is 5.11 Å². The predicted molar refractivity (Wildman–Crippen MR) is 75.3 cm³/mol. The van der Waals surface area contributed by atoms with Gasteiger partial charge in [-0.15, -0.1) is 16.4 Å². The van der Waals surface area contributed by atoms with Crippen LogP contribution >= 0.6 is 27.3 Å². The van der Waals surface area contributed by atoms with Crippen molar-refractivity contribution in [3.63, 3.8) is 0 Å². The van der Waals surface area contributed by atoms with Crippen LogP contribution in [0.3, 0.4) is 0 Å². The van der Waals surface area contributed by atoms with Crippen LogP contribution in [0.2, 0.25) is 0 Å². The number of hydrogen-bond donors (Lipinski definition) is 1. The minimum Gasteiger partial charge on any atom is -0.476 e. The Balaban J connectivity index is 1.82. The molecule has 0 amide bonds. The third kappa shape index (κ3) is 4.12. The van der Waals surface area contributed by atoms with Crippen LogP contribution in [0.1, 0.15) is 15.4 Å². The number of aromatic nitrogens is 3. The van der Waals surface area contributed by atoms with Gasteiger partial charge in [-0.1, -0.05) is 5.21 Å². The Morgan fingerprint density at radius 3 is 3.00 bits per heavy atom. The Labute approximate surface area is 122 Å². The average Bonchev–Trinajstić information content (AvgIpc) is 2.96. The molecule has 0 aliphatic carbocycles. The topological polar surface area (TPSA) is 71.2 Å². The molecule has 0 saturated heterocycles. The molecular formula is C11H13BrN4O2S. The van der Waals surface area contributed by atoms with Crippen LogP contribution in [0.5, 0.6) is 0 Å². The molecule has 0 radical (unpaired) electrons. The zero-order valence-corrected chi connectivity index (χ0v) is 12.7. The third-order valence-corrected chi connectivity index (χ3v) is 4.20. The average molecular weight is 345 g/mol. The summed E-state index contributed by atoms with van der Waals surface area (Å²) in [5.41, 5.74) is -0.0233. The fourth-order valence-corrected chi connectivity index (χ4v) is 3.09. The van der Waals surface area contributed by atoms with Gasteiger partial charge in [0.05, 0.1) is 12.7 Å². The quantitative estimate of drug-likeness (QED) is 0.866. The number of carboxylic acid groups (broad SMARTS) is 1. The highest BCUT2D eigenvalue weighted by Gasteiger charge is 2.09. The molecule has 0 aromatic carbocycles. The van der Waals surface area contributed by atoms with Crippen molar-refractivity contribution < 1.29 is 9.90 Å². The number of hydrogen-bond acceptors (Lipinski definition) is 5. The highest BCUT2D eigenvalue weighted by molar-refractivity contribution is 9.10. The first kappa shape index (κ1) is 14.2. The molecule has 0 atom stereocenters. The highest BCUT2D eigenvalue weighted by Crippen LogP contribution is 2.20. The summed E-state index contributed by atoms with van der Waals surface area (Å²) in [5, 5.41) is 18.1. The maximum atomic E-state index is 10.7. The minimum absolute atomic E-state index is 0.0233. The van der Waals surface area contributed by atoms with Gasteiger partial charge in [0.1, 0.15) is 0 Å². The Morgan fingerprint density at radius 1 is 1.63 bits per heavy atom. The second-order valence-corrected chi connectivity index (χ2v) is 6.05. The lowest BCUT2D eigenvalue weighted by Crippen LogP contribution is -2.22. The van der Waals surface area contributed by atoms with Gasteiger partial charge in [-0.25, -0.2) is 4.79 Å². The van der Waals surface area contributed by atoms with E-state index in [0.29, 0.717) is 6.54 Å². The Hall–Kier alpha value is -1.25. The van der Waals surface area contributed by atoms with Gasteiger partial charge in [0, 0.05) is 27.8 Å². The van der Waals surface area contributed by atoms with Gasteiger partial charge in [0.25, 0.3) is 0 Å². The minimum atomic E-state index is -1.05. The molecule has 6 nitrogen and oxygen atoms in total. The zero-order chi connectivity index (χ0) is 13.8. The summed E-state index contributed by atoms with van der Waals surface area (Å²) in [4.78, 5) is 14.1. The number of likely N-dealkylation sites (N-methyl/N-ethyl adjacent to an activating group) is 1. The molecule has 2 rings (SSSR count). The smallest absolute Gasteiger partial charge is 0.358 e. The molecule has 0 bridgehead atoms. The van der Waals surface area contributed by atoms with Crippen molar-refractivity contribution in [2.45, 2.75) is 13.1 Å². The van der Waals surface area contributed by atoms with Crippen molar-refractivity contribution in [2.75, 3.05) is 13.6 Å². The summed E-state index contributed by atoms with van der Waals surface area (Å²) in [5.74, 6) is -1.05. The van der Waals surface area contributed by atoms with E-state index in [2.05, 4.69) is 42.6 Å². The molecule has 2 heterocycles. The van der Waals surface area contributed by atoms with E-state index in [0.717, 1.165) is 17.6 Å². The predicted octanol–water partition coefficient (Wildman–Crippen LogP) is 1.93. The Bertz CT molecular complexity index is 569. The molecule has 2 aromatic heterocycles. The molecule has 102 valence electrons. The van der Waals surface area contributed by atoms with Crippen LogP contribution in [0.25, 0.3) is 0 Å². The fourth-order valence-electron chi connectivity index (χ4n) is 1.56. The van der Waals surface area contributed by atoms with Gasteiger partial charge >= 0.3 is 5.97 Å². The Kier molecular flexibility index (Phi) is 4.67. The van der Waals surface area contributed by atoms with Crippen molar-refractivity contribution in [1.29, 1.82) is 0 Å². The molecule has 8 heteroatoms. The summed E-state index contributed by atoms with van der Waals surface area (Å²) >= 11 is 5.13. The van der Waals surface area contributed by atoms with E-state index in [1.54, 1.807) is 16.0 Å². The van der Waals surface area contributed by atoms with Crippen molar-refractivity contribution in [1.82, 2.24) is 19.9 Å². The summed E-state index contributed by atoms with van der Waals surface area (Å²) in [6, 6.07) is 2.10. The lowest BCUT2D eigenvalue weighted by molar-refractivity contribution is 0.0690. The monoisotopic (exact) mass is 344 g/mol. The molecule has 0 aliphatic rings. The molecule has 0 aliphatic heterocycles. The van der Waals surface area contributed by atoms with Crippen LogP contribution in [0.4, 0.5) is 0 Å². The summed E-state index contributed by atoms with van der Waals surface area (Å²) in [6.45, 7) is 2.25. The molecule has 19 heavy (non-hydrogen) atoms. The lowest BCUT2D eigenvalue weighted by atomic mass is 10.4. The molecule has 2 aromatic rings. The van der Waals surface area contributed by atoms with Crippen molar-refractivity contribution in [3.05, 3.63) is 32.7 Å². The maximum Gasteiger partial charge on any atom is 0.358 e. The second-order valence-electron chi connectivity index (χ2n) is 4.14. The SMILES string of the molecule is CN(CCn1cc(C(=O)O)nn1)Cc1cc(Br)cs1. The number of carboxylic acids is 1. The maximum absolute atomic E-state index is 10.7. The van der Waals surface area contributed by atoms with Crippen molar-refractivity contribution in [3.8, 4) is 0 Å². The van der Waals surface area contributed by atoms with Crippen LogP contribution in [0, 0.1) is 0 Å². The first-order valence-corrected chi connectivity index (χ1v) is 7.27. The zero-order valence-electron chi connectivity index (χ0n) is 10.3. The van der Waals surface area contributed by atoms with Gasteiger partial charge in [-0.05, 0) is 29.0 Å². The fraction of sp³-hybridized carbons (Fsp3) is 0.364. The van der Waals surface area contributed by atoms with E-state index in [-0.39, 0.29) is 5.69 Å². The molecule has 0 unspecified atom stereocenters. The van der Waals surface area contributed by atoms with Gasteiger partial charge in [-0.2, -0.15) is 0 Å². The van der Waals surface area contributed by atoms with E-state index >= 15 is 0 Å². The number of carbonyl (C=O) groups is 1. The standard InChI is InChI=1S/C11H13BrN4O2S/c1-15(5-9-4-8(12)7-19-9)2-3-16-6-10(11(17)18)13-14-16/h4,6-7H,2-3,5H2,1H3,(H,17,18). The lowest BCUT2D eigenvalue weighted by Gasteiger charge is -2.14. The molecular weight excluding hydrogens is 332 g/mol. The van der Waals surface area contributed by atoms with Crippen LogP contribution in [-0.4, -0.2) is 44.6 Å². The van der Waals surface area contributed by atoms with E-state index < -0.39 is 5.97 Å². The largest absolute Gasteiger partial charge is 0.476 e. The van der Waals surface area contributed by atoms with E-state index in [1.165, 1.54) is 11.1 Å². The summed E-state index contributed by atoms with van der Waals surface area (Å²) in [7, 11) is 2.02. The first-order valence-electron chi connectivity index (χ1n) is 5.59. The summed E-state index contributed by atoms with van der Waals surface area (Å²) in [6.07, 6.45) is 1.44. The number of rotatable bonds is 6. The van der Waals surface area contributed by atoms with Gasteiger partial charge in [-0.3, -0.25) is 9.58 Å². The number of thiophene rings is 1. The first-order chi connectivity index (χ1) is 9.04. The normalized spacial score (nSPS) is 11.1. The molecule has 0 fully saturated rings. The van der Waals surface area contributed by atoms with Crippen LogP contribution in [-0.2, 0) is 13.1 Å². The van der Waals surface area contributed by atoms with E-state index in [1.807, 2.05) is 7.05 Å². The van der Waals surface area contributed by atoms with E-state index in [4.69, 9.17) is 5.11 Å². The van der Waals surface area contributed by atoms with Crippen molar-refractivity contribution >= 4 is 33.2 Å². The van der Waals surface area contributed by atoms with Gasteiger partial charge in [0.15, 0.2) is 5.69 Å². The number of aromatic carboxylic acids is 1. The summed E-state index contributed by atoms with van der Waals surface area (Å²) < 4.78 is 2.65. The molecule has 1 N–H and O–H groups in total. The van der Waals surface area contributed by atoms with Crippen LogP contribution < -0.4 is 0 Å². The highest BCUT2D eigenvalue weighted by atomic mass is 79.9. The number of nitrogens with zero attached hydrogens (tertiary/aromatic N) is 4.